The van der Waals surface area contributed by atoms with Crippen LogP contribution in [-0.4, -0.2) is 109 Å². The first kappa shape index (κ1) is 65.6. The van der Waals surface area contributed by atoms with Gasteiger partial charge in [0.05, 0.1) is 50.7 Å². The molecule has 3 aliphatic carbocycles. The molecule has 0 saturated heterocycles. The second kappa shape index (κ2) is 28.1. The Morgan fingerprint density at radius 1 is 0.482 bits per heavy atom. The number of hydrogen-bond donors (Lipinski definition) is 2. The molecule has 0 aromatic heterocycles. The molecule has 0 fully saturated rings. The lowest BCUT2D eigenvalue weighted by atomic mass is 9.82. The average Bonchev–Trinajstić information content (AvgIpc) is 2.01. The molecule has 458 valence electrons. The van der Waals surface area contributed by atoms with Crippen LogP contribution in [0.15, 0.2) is 157 Å². The van der Waals surface area contributed by atoms with Crippen LogP contribution in [0, 0.1) is 0 Å². The van der Waals surface area contributed by atoms with Gasteiger partial charge in [-0.05, 0) is 237 Å². The molecule has 0 unspecified atom stereocenters. The van der Waals surface area contributed by atoms with Crippen molar-refractivity contribution in [1.82, 2.24) is 15.5 Å². The Kier molecular flexibility index (Phi) is 21.7. The number of carbonyl (C=O) groups is 2. The quantitative estimate of drug-likeness (QED) is 0.0980. The molecule has 6 aromatic rings. The lowest BCUT2D eigenvalue weighted by molar-refractivity contribution is 0.0285. The van der Waals surface area contributed by atoms with Gasteiger partial charge in [0.1, 0.15) is 28.5 Å². The van der Waals surface area contributed by atoms with E-state index in [0.29, 0.717) is 41.2 Å². The Bertz CT molecular complexity index is 3670. The van der Waals surface area contributed by atoms with Crippen molar-refractivity contribution in [2.75, 3.05) is 55.1 Å². The summed E-state index contributed by atoms with van der Waals surface area (Å²) in [6, 6.07) is 35.8. The highest BCUT2D eigenvalue weighted by Crippen LogP contribution is 2.38. The zero-order valence-electron chi connectivity index (χ0n) is 50.8. The summed E-state index contributed by atoms with van der Waals surface area (Å²) in [5.74, 6) is 2.30. The lowest BCUT2D eigenvalue weighted by Crippen LogP contribution is -2.37. The molecule has 19 heteroatoms. The van der Waals surface area contributed by atoms with Crippen molar-refractivity contribution in [2.24, 2.45) is 0 Å². The van der Waals surface area contributed by atoms with E-state index in [1.165, 1.54) is 39.0 Å². The molecule has 85 heavy (non-hydrogen) atoms. The fraction of sp³-hybridized carbons (Fsp3) is 0.424. The van der Waals surface area contributed by atoms with E-state index in [1.807, 2.05) is 72.9 Å². The zero-order valence-corrected chi connectivity index (χ0v) is 53.3. The van der Waals surface area contributed by atoms with E-state index in [-0.39, 0.29) is 42.4 Å². The third-order valence-corrected chi connectivity index (χ3v) is 20.4. The topological polar surface area (TPSA) is 210 Å². The third-order valence-electron chi connectivity index (χ3n) is 15.2. The van der Waals surface area contributed by atoms with Gasteiger partial charge in [-0.1, -0.05) is 36.4 Å². The van der Waals surface area contributed by atoms with Gasteiger partial charge in [-0.2, -0.15) is 0 Å². The minimum atomic E-state index is -3.64. The highest BCUT2D eigenvalue weighted by molar-refractivity contribution is 7.92. The van der Waals surface area contributed by atoms with E-state index in [0.717, 1.165) is 92.1 Å². The maximum absolute atomic E-state index is 13.1. The van der Waals surface area contributed by atoms with Crippen LogP contribution in [0.5, 0.6) is 17.2 Å². The number of sulfone groups is 3. The summed E-state index contributed by atoms with van der Waals surface area (Å²) in [6.45, 7) is 12.9. The normalized spacial score (nSPS) is 16.7. The van der Waals surface area contributed by atoms with Crippen molar-refractivity contribution < 1.29 is 58.5 Å². The van der Waals surface area contributed by atoms with Crippen LogP contribution in [0.3, 0.4) is 0 Å². The number of alkyl carbamates (subject to hydrolysis) is 1. The van der Waals surface area contributed by atoms with Crippen molar-refractivity contribution in [3.63, 3.8) is 0 Å². The van der Waals surface area contributed by atoms with E-state index in [1.54, 1.807) is 103 Å². The van der Waals surface area contributed by atoms with Crippen molar-refractivity contribution in [2.45, 2.75) is 158 Å². The highest BCUT2D eigenvalue weighted by Gasteiger charge is 2.30. The van der Waals surface area contributed by atoms with Crippen LogP contribution < -0.4 is 24.8 Å². The second-order valence-electron chi connectivity index (χ2n) is 23.7. The van der Waals surface area contributed by atoms with Crippen LogP contribution in [0.1, 0.15) is 131 Å². The summed E-state index contributed by atoms with van der Waals surface area (Å²) in [6.07, 6.45) is 7.81. The number of fused-ring (bicyclic) bond motifs is 3. The molecule has 2 amide bonds. The number of likely N-dealkylation sites (N-methyl/N-ethyl adjacent to an activating group) is 2. The van der Waals surface area contributed by atoms with E-state index in [4.69, 9.17) is 23.7 Å². The molecule has 0 heterocycles. The molecule has 0 saturated carbocycles. The molecule has 3 aliphatic rings. The molecule has 16 nitrogen and oxygen atoms in total. The summed E-state index contributed by atoms with van der Waals surface area (Å²) in [5, 5.41) is 6.07. The van der Waals surface area contributed by atoms with E-state index in [2.05, 4.69) is 10.6 Å². The Morgan fingerprint density at radius 3 is 1.18 bits per heavy atom. The van der Waals surface area contributed by atoms with Gasteiger partial charge in [0.2, 0.25) is 29.5 Å². The molecule has 0 aliphatic heterocycles. The van der Waals surface area contributed by atoms with Crippen molar-refractivity contribution in [3.8, 4) is 17.2 Å². The Morgan fingerprint density at radius 2 is 0.824 bits per heavy atom. The number of nitrogens with one attached hydrogen (secondary N) is 2. The molecule has 3 atom stereocenters. The maximum atomic E-state index is 13.1. The Balaban J connectivity index is 0.000000184. The van der Waals surface area contributed by atoms with Gasteiger partial charge in [0.25, 0.3) is 0 Å². The number of benzene rings is 6. The number of nitrogens with zero attached hydrogens (tertiary/aromatic N) is 1. The molecule has 0 radical (unpaired) electrons. The summed E-state index contributed by atoms with van der Waals surface area (Å²) in [5.41, 5.74) is 5.58. The number of rotatable bonds is 15. The van der Waals surface area contributed by atoms with E-state index >= 15 is 0 Å². The number of amides is 2. The number of methoxy groups -OCH3 is 3. The monoisotopic (exact) mass is 1220 g/mol. The predicted octanol–water partition coefficient (Wildman–Crippen LogP) is 12.5. The fourth-order valence-electron chi connectivity index (χ4n) is 11.0. The smallest absolute Gasteiger partial charge is 0.410 e. The SMILES string of the molecule is CNC[C@@H]1CCCc2cc(S(=O)(=O)c3cccc(OC)c3)ccc21.COc1cccc(S(=O)(=O)c2ccc3c(c2)CCC[C@H]3CN(C)C(=O)OC(C)(C)C)c1.COc1cccc(S(=O)(=O)c2ccc3c(c2)CCC[C@H]3CNC(=O)OC(C)(C)C)c1. The standard InChI is InChI=1S/C24H31NO5S.C23H29NO5S.C19H23NO3S/c1-24(2,3)30-23(26)25(4)16-18-9-6-8-17-14-21(12-13-22(17)18)31(27,28)20-11-7-10-19(15-20)29-5;1-23(2,3)29-22(25)24-15-17-8-5-7-16-13-20(11-12-21(16)17)30(26,27)19-10-6-9-18(14-19)28-4;1-20-13-15-6-3-5-14-11-18(9-10-19(14)15)24(21,22)17-8-4-7-16(12-17)23-2/h7,10-15,18H,6,8-9,16H2,1-5H3;6,9-14,17H,5,7-8,15H2,1-4H3,(H,24,25);4,7-12,15,20H,3,5-6,13H2,1-2H3/t18-;17-;15-/m000/s1. The Labute approximate surface area is 503 Å². The van der Waals surface area contributed by atoms with Crippen molar-refractivity contribution in [1.29, 1.82) is 0 Å². The number of hydrogen-bond acceptors (Lipinski definition) is 14. The zero-order chi connectivity index (χ0) is 61.9. The van der Waals surface area contributed by atoms with E-state index < -0.39 is 46.8 Å². The van der Waals surface area contributed by atoms with Gasteiger partial charge in [-0.25, -0.2) is 34.8 Å². The number of ether oxygens (including phenoxy) is 5. The van der Waals surface area contributed by atoms with Crippen molar-refractivity contribution in [3.05, 3.63) is 161 Å². The van der Waals surface area contributed by atoms with Crippen LogP contribution in [0.4, 0.5) is 9.59 Å². The molecule has 0 bridgehead atoms. The first-order valence-corrected chi connectivity index (χ1v) is 33.2. The predicted molar refractivity (Wildman–Crippen MR) is 329 cm³/mol. The molecule has 9 rings (SSSR count). The maximum Gasteiger partial charge on any atom is 0.410 e. The van der Waals surface area contributed by atoms with Gasteiger partial charge >= 0.3 is 12.2 Å². The molecule has 2 N–H and O–H groups in total. The first-order chi connectivity index (χ1) is 40.2. The van der Waals surface area contributed by atoms with Crippen LogP contribution in [0.25, 0.3) is 0 Å². The molecular formula is C66H83N3O13S3. The van der Waals surface area contributed by atoms with Gasteiger partial charge < -0.3 is 39.2 Å². The van der Waals surface area contributed by atoms with Crippen LogP contribution >= 0.6 is 0 Å². The van der Waals surface area contributed by atoms with Gasteiger partial charge in [-0.3, -0.25) is 0 Å². The minimum Gasteiger partial charge on any atom is -0.497 e. The average molecular weight is 1220 g/mol. The summed E-state index contributed by atoms with van der Waals surface area (Å²) < 4.78 is 105. The lowest BCUT2D eigenvalue weighted by Gasteiger charge is -2.31. The van der Waals surface area contributed by atoms with Gasteiger partial charge in [0, 0.05) is 38.5 Å². The highest BCUT2D eigenvalue weighted by atomic mass is 32.2. The summed E-state index contributed by atoms with van der Waals surface area (Å²) in [7, 11) is -2.56. The number of aryl methyl sites for hydroxylation is 3. The third kappa shape index (κ3) is 17.0. The molecule has 6 aromatic carbocycles. The number of carbonyl (C=O) groups excluding carboxylic acids is 2. The van der Waals surface area contributed by atoms with Gasteiger partial charge in [-0.15, -0.1) is 0 Å². The fourth-order valence-corrected chi connectivity index (χ4v) is 15.1. The van der Waals surface area contributed by atoms with Crippen LogP contribution in [-0.2, 0) is 58.2 Å². The minimum absolute atomic E-state index is 0.134. The van der Waals surface area contributed by atoms with Crippen molar-refractivity contribution >= 4 is 41.7 Å². The Hall–Kier alpha value is -6.93. The van der Waals surface area contributed by atoms with E-state index in [9.17, 15) is 34.8 Å². The molecule has 0 spiro atoms. The first-order valence-electron chi connectivity index (χ1n) is 28.8. The summed E-state index contributed by atoms with van der Waals surface area (Å²) >= 11 is 0. The van der Waals surface area contributed by atoms with Crippen LogP contribution in [0.2, 0.25) is 0 Å². The largest absolute Gasteiger partial charge is 0.497 e. The van der Waals surface area contributed by atoms with Gasteiger partial charge in [0.15, 0.2) is 0 Å². The second-order valence-corrected chi connectivity index (χ2v) is 29.5. The molecular weight excluding hydrogens is 1140 g/mol. The summed E-state index contributed by atoms with van der Waals surface area (Å²) in [4.78, 5) is 27.5.